The Hall–Kier alpha value is -17.4. The van der Waals surface area contributed by atoms with E-state index in [0.29, 0.717) is 63.2 Å². The van der Waals surface area contributed by atoms with Crippen molar-refractivity contribution < 1.29 is 6.85 Å². The van der Waals surface area contributed by atoms with Crippen molar-refractivity contribution in [3.05, 3.63) is 469 Å². The summed E-state index contributed by atoms with van der Waals surface area (Å²) in [6.45, 7) is 4.14. The van der Waals surface area contributed by atoms with Crippen LogP contribution in [0.4, 0.5) is 0 Å². The highest BCUT2D eigenvalue weighted by molar-refractivity contribution is 6.30. The number of para-hydroxylation sites is 7. The van der Waals surface area contributed by atoms with Crippen molar-refractivity contribution in [1.82, 2.24) is 78.1 Å². The molecule has 140 heavy (non-hydrogen) atoms. The first-order valence-electron chi connectivity index (χ1n) is 47.8. The Morgan fingerprint density at radius 2 is 0.514 bits per heavy atom. The van der Waals surface area contributed by atoms with E-state index in [9.17, 15) is 0 Å². The summed E-state index contributed by atoms with van der Waals surface area (Å²) in [5, 5.41) is 11.7. The molecule has 16 nitrogen and oxygen atoms in total. The normalized spacial score (nSPS) is 11.9. The highest BCUT2D eigenvalue weighted by Crippen LogP contribution is 2.44. The Bertz CT molecular complexity index is 9520. The molecule has 0 atom stereocenters. The number of nitrogens with zero attached hydrogens (tertiary/aromatic N) is 16. The first kappa shape index (κ1) is 81.0. The molecular weight excluding hydrogens is 1810 g/mol. The van der Waals surface area contributed by atoms with Gasteiger partial charge in [-0.2, -0.15) is 39.9 Å². The smallest absolute Gasteiger partial charge is 0.226 e. The average molecular weight is 1890 g/mol. The lowest BCUT2D eigenvalue weighted by Crippen LogP contribution is -1.99. The van der Waals surface area contributed by atoms with Crippen LogP contribution in [-0.2, 0) is 0 Å². The molecule has 0 radical (unpaired) electrons. The average Bonchev–Trinajstić information content (AvgIpc) is 1.59. The van der Waals surface area contributed by atoms with Crippen LogP contribution in [0.1, 0.15) is 18.0 Å². The molecule has 8 aromatic heterocycles. The second-order valence-corrected chi connectivity index (χ2v) is 34.8. The number of halogens is 4. The van der Waals surface area contributed by atoms with Crippen molar-refractivity contribution in [2.75, 3.05) is 0 Å². The minimum atomic E-state index is -0.437. The van der Waals surface area contributed by atoms with Crippen LogP contribution in [0.15, 0.2) is 437 Å². The van der Waals surface area contributed by atoms with Crippen LogP contribution in [0, 0.1) is 13.8 Å². The monoisotopic (exact) mass is 1890 g/mol. The Kier molecular flexibility index (Phi) is 21.8. The molecule has 0 N–H and O–H groups in total. The van der Waals surface area contributed by atoms with Gasteiger partial charge in [-0.25, -0.2) is 19.9 Å². The van der Waals surface area contributed by atoms with Crippen molar-refractivity contribution in [1.29, 1.82) is 0 Å². The summed E-state index contributed by atoms with van der Waals surface area (Å²) in [5.74, 6) is 4.12. The molecule has 8 heterocycles. The third-order valence-corrected chi connectivity index (χ3v) is 25.4. The van der Waals surface area contributed by atoms with Crippen molar-refractivity contribution >= 4 is 144 Å². The largest absolute Gasteiger partial charge is 0.309 e. The summed E-state index contributed by atoms with van der Waals surface area (Å²) < 4.78 is 50.2. The number of hydrogen-bond acceptors (Lipinski definition) is 12. The predicted octanol–water partition coefficient (Wildman–Crippen LogP) is 31.3. The number of aryl methyl sites for hydroxylation is 2. The van der Waals surface area contributed by atoms with Crippen LogP contribution in [0.2, 0.25) is 21.1 Å². The Morgan fingerprint density at radius 3 is 0.993 bits per heavy atom. The molecular formula is C120H78Cl4N16. The standard InChI is InChI=1S/C33H23ClN4.C33H21ClN4.2C27H17ClN4/c1-20-16-21(2)18-24(17-20)32-35-31(36-33(34)37-32)23-14-15-27-26-11-5-6-12-29(26)38(30(27)19-23)28-13-7-9-22-8-3-4-10-25(22)28;34-33-36-31(35-32(37-33)28-17-8-7-15-25(28)22-11-3-1-4-12-22)23-19-20-27-26-16-9-10-18-29(26)38(30(27)21-23)24-13-5-2-6-14-24;28-27-30-25(18-10-3-1-4-11-18)29-26(31-27)21-15-9-17-23-24(21)20-14-7-8-16-22(20)32(23)19-12-5-2-6-13-19;28-27-30-25(18-9-3-1-4-10-18)29-26(31-27)19-15-16-22-21-13-7-8-14-23(21)32(24(22)17-19)20-11-5-2-6-12-20/h3-19H,1-2H3;1-21H;2*1-17H/i;;2D,5D,6D,12D,13D;. The van der Waals surface area contributed by atoms with E-state index in [-0.39, 0.29) is 38.9 Å². The van der Waals surface area contributed by atoms with Crippen molar-refractivity contribution in [2.24, 2.45) is 0 Å². The zero-order chi connectivity index (χ0) is 98.6. The van der Waals surface area contributed by atoms with Crippen LogP contribution in [-0.4, -0.2) is 78.1 Å². The van der Waals surface area contributed by atoms with E-state index in [1.54, 1.807) is 4.57 Å². The minimum Gasteiger partial charge on any atom is -0.309 e. The van der Waals surface area contributed by atoms with E-state index < -0.39 is 18.1 Å². The lowest BCUT2D eigenvalue weighted by molar-refractivity contribution is 1.06. The number of hydrogen-bond donors (Lipinski definition) is 0. The van der Waals surface area contributed by atoms with E-state index in [4.69, 9.17) is 73.2 Å². The Labute approximate surface area is 831 Å². The van der Waals surface area contributed by atoms with Gasteiger partial charge in [-0.05, 0) is 180 Å². The Balaban J connectivity index is 0.000000107. The summed E-state index contributed by atoms with van der Waals surface area (Å²) in [7, 11) is 0. The van der Waals surface area contributed by atoms with Crippen LogP contribution in [0.3, 0.4) is 0 Å². The molecule has 0 saturated heterocycles. The summed E-state index contributed by atoms with van der Waals surface area (Å²) in [6.07, 6.45) is 0. The first-order chi connectivity index (χ1) is 70.9. The topological polar surface area (TPSA) is 174 Å². The van der Waals surface area contributed by atoms with Gasteiger partial charge in [0, 0.05) is 110 Å². The molecule has 18 aromatic carbocycles. The third kappa shape index (κ3) is 16.9. The fraction of sp³-hybridized carbons (Fsp3) is 0.0167. The van der Waals surface area contributed by atoms with Gasteiger partial charge in [0.25, 0.3) is 0 Å². The fourth-order valence-electron chi connectivity index (χ4n) is 18.7. The SMILES string of the molecule is Cc1cc(C)cc(-c2nc(Cl)nc(-c3ccc4c5ccccc5n(-c5cccc6ccccc56)c4c3)n2)c1.Clc1nc(-c2ccc3c4ccccc4n(-c4ccccc4)c3c2)nc(-c2ccccc2-c2ccccc2)n1.Clc1nc(-c2ccccc2)nc(-c2ccc3c4ccccc4n(-c4ccccc4)c3c2)n1.[2H]c1c([2H])c([2H])c(-n2c3ccccc3c3c(-c4nc(Cl)nc(-c5ccccc5)n4)cccc32)c([2H])c1[2H]. The summed E-state index contributed by atoms with van der Waals surface area (Å²) in [4.78, 5) is 54.7. The van der Waals surface area contributed by atoms with Gasteiger partial charge in [0.1, 0.15) is 0 Å². The highest BCUT2D eigenvalue weighted by atomic mass is 35.5. The van der Waals surface area contributed by atoms with Gasteiger partial charge < -0.3 is 18.3 Å². The molecule has 0 aliphatic heterocycles. The third-order valence-electron chi connectivity index (χ3n) is 24.7. The van der Waals surface area contributed by atoms with Gasteiger partial charge in [0.05, 0.1) is 56.7 Å². The number of rotatable bonds is 13. The van der Waals surface area contributed by atoms with Crippen molar-refractivity contribution in [3.8, 4) is 125 Å². The summed E-state index contributed by atoms with van der Waals surface area (Å²) >= 11 is 25.6. The molecule has 666 valence electrons. The van der Waals surface area contributed by atoms with Crippen LogP contribution in [0.25, 0.3) is 223 Å². The van der Waals surface area contributed by atoms with Gasteiger partial charge >= 0.3 is 0 Å². The van der Waals surface area contributed by atoms with Crippen LogP contribution < -0.4 is 0 Å². The highest BCUT2D eigenvalue weighted by Gasteiger charge is 2.25. The fourth-order valence-corrected chi connectivity index (χ4v) is 19.4. The van der Waals surface area contributed by atoms with Gasteiger partial charge in [-0.15, -0.1) is 0 Å². The maximum absolute atomic E-state index is 8.59. The van der Waals surface area contributed by atoms with Gasteiger partial charge in [0.2, 0.25) is 21.1 Å². The molecule has 26 rings (SSSR count). The maximum Gasteiger partial charge on any atom is 0.226 e. The molecule has 0 fully saturated rings. The molecule has 0 amide bonds. The molecule has 0 aliphatic carbocycles. The van der Waals surface area contributed by atoms with Crippen molar-refractivity contribution in [3.63, 3.8) is 0 Å². The molecule has 26 aromatic rings. The molecule has 20 heteroatoms. The number of benzene rings is 18. The van der Waals surface area contributed by atoms with Gasteiger partial charge in [-0.3, -0.25) is 0 Å². The Morgan fingerprint density at radius 1 is 0.200 bits per heavy atom. The molecule has 0 spiro atoms. The lowest BCUT2D eigenvalue weighted by atomic mass is 9.99. The summed E-state index contributed by atoms with van der Waals surface area (Å²) in [6, 6.07) is 135. The van der Waals surface area contributed by atoms with E-state index in [1.807, 2.05) is 158 Å². The first-order valence-corrected chi connectivity index (χ1v) is 46.8. The minimum absolute atomic E-state index is 0.0511. The lowest BCUT2D eigenvalue weighted by Gasteiger charge is -2.12. The number of fused-ring (bicyclic) bond motifs is 13. The predicted molar refractivity (Wildman–Crippen MR) is 573 cm³/mol. The van der Waals surface area contributed by atoms with E-state index >= 15 is 0 Å². The molecule has 0 unspecified atom stereocenters. The summed E-state index contributed by atoms with van der Waals surface area (Å²) in [5.41, 5.74) is 22.8. The molecule has 0 bridgehead atoms. The van der Waals surface area contributed by atoms with E-state index in [0.717, 1.165) is 122 Å². The zero-order valence-electron chi connectivity index (χ0n) is 79.8. The quantitative estimate of drug-likeness (QED) is 0.107. The van der Waals surface area contributed by atoms with Crippen LogP contribution in [0.5, 0.6) is 0 Å². The maximum atomic E-state index is 8.59. The van der Waals surface area contributed by atoms with Gasteiger partial charge in [-0.1, -0.05) is 345 Å². The second kappa shape index (κ2) is 37.7. The second-order valence-electron chi connectivity index (χ2n) is 33.5. The zero-order valence-corrected chi connectivity index (χ0v) is 77.9. The van der Waals surface area contributed by atoms with E-state index in [2.05, 4.69) is 316 Å². The molecule has 0 aliphatic rings. The van der Waals surface area contributed by atoms with Crippen molar-refractivity contribution in [2.45, 2.75) is 13.8 Å². The number of aromatic nitrogens is 16. The van der Waals surface area contributed by atoms with Gasteiger partial charge in [0.15, 0.2) is 46.6 Å². The molecule has 0 saturated carbocycles. The van der Waals surface area contributed by atoms with Crippen LogP contribution >= 0.6 is 46.4 Å². The van der Waals surface area contributed by atoms with E-state index in [1.165, 1.54) is 43.1 Å².